The van der Waals surface area contributed by atoms with Crippen LogP contribution in [-0.4, -0.2) is 25.5 Å². The van der Waals surface area contributed by atoms with Gasteiger partial charge < -0.3 is 10.1 Å². The lowest BCUT2D eigenvalue weighted by Crippen LogP contribution is -2.12. The molecule has 14 heavy (non-hydrogen) atoms. The van der Waals surface area contributed by atoms with E-state index in [1.54, 1.807) is 6.08 Å². The Kier molecular flexibility index (Phi) is 8.84. The third-order valence-corrected chi connectivity index (χ3v) is 1.65. The molecule has 0 saturated heterocycles. The molecule has 0 heterocycles. The van der Waals surface area contributed by atoms with Gasteiger partial charge in [0.2, 0.25) is 6.41 Å². The van der Waals surface area contributed by atoms with Gasteiger partial charge in [-0.25, -0.2) is 0 Å². The van der Waals surface area contributed by atoms with Gasteiger partial charge in [0.05, 0.1) is 0 Å². The zero-order chi connectivity index (χ0) is 10.6. The average Bonchev–Trinajstić information content (AvgIpc) is 2.20. The van der Waals surface area contributed by atoms with Gasteiger partial charge in [-0.15, -0.1) is 0 Å². The maximum absolute atomic E-state index is 10.9. The zero-order valence-corrected chi connectivity index (χ0v) is 8.33. The van der Waals surface area contributed by atoms with Gasteiger partial charge in [0.15, 0.2) is 0 Å². The lowest BCUT2D eigenvalue weighted by Gasteiger charge is -2.01. The van der Waals surface area contributed by atoms with Crippen LogP contribution >= 0.6 is 0 Å². The van der Waals surface area contributed by atoms with E-state index < -0.39 is 0 Å². The Hall–Kier alpha value is -1.32. The molecule has 0 aliphatic carbocycles. The minimum atomic E-state index is -0.187. The van der Waals surface area contributed by atoms with E-state index >= 15 is 0 Å². The molecule has 1 amide bonds. The zero-order valence-electron chi connectivity index (χ0n) is 8.33. The molecule has 80 valence electrons. The van der Waals surface area contributed by atoms with E-state index in [-0.39, 0.29) is 12.6 Å². The fourth-order valence-corrected chi connectivity index (χ4v) is 0.956. The molecule has 0 atom stereocenters. The number of esters is 1. The number of unbranched alkanes of at least 4 members (excludes halogenated alkanes) is 2. The standard InChI is InChI=1S/C10H17NO3/c1-2-8-14-10(13)6-4-3-5-7-11-9-12/h2,9H,1,3-8H2,(H,11,12). The highest BCUT2D eigenvalue weighted by atomic mass is 16.5. The van der Waals surface area contributed by atoms with Crippen molar-refractivity contribution in [2.24, 2.45) is 0 Å². The van der Waals surface area contributed by atoms with Gasteiger partial charge in [-0.2, -0.15) is 0 Å². The van der Waals surface area contributed by atoms with Crippen molar-refractivity contribution in [1.29, 1.82) is 0 Å². The molecule has 0 rings (SSSR count). The van der Waals surface area contributed by atoms with Crippen molar-refractivity contribution in [3.63, 3.8) is 0 Å². The van der Waals surface area contributed by atoms with Crippen molar-refractivity contribution in [3.8, 4) is 0 Å². The predicted octanol–water partition coefficient (Wildman–Crippen LogP) is 1.02. The minimum absolute atomic E-state index is 0.187. The molecule has 1 N–H and O–H groups in total. The van der Waals surface area contributed by atoms with Crippen LogP contribution in [0.2, 0.25) is 0 Å². The Balaban J connectivity index is 3.14. The second kappa shape index (κ2) is 9.77. The van der Waals surface area contributed by atoms with Gasteiger partial charge in [0.25, 0.3) is 0 Å². The Morgan fingerprint density at radius 2 is 2.14 bits per heavy atom. The number of carbonyl (C=O) groups is 2. The highest BCUT2D eigenvalue weighted by Crippen LogP contribution is 2.00. The smallest absolute Gasteiger partial charge is 0.306 e. The van der Waals surface area contributed by atoms with E-state index in [9.17, 15) is 9.59 Å². The molecule has 0 aromatic heterocycles. The molecule has 0 aliphatic rings. The van der Waals surface area contributed by atoms with E-state index in [1.807, 2.05) is 0 Å². The average molecular weight is 199 g/mol. The van der Waals surface area contributed by atoms with Crippen LogP contribution < -0.4 is 5.32 Å². The summed E-state index contributed by atoms with van der Waals surface area (Å²) in [6.07, 6.45) is 5.28. The summed E-state index contributed by atoms with van der Waals surface area (Å²) in [5.74, 6) is -0.187. The maximum Gasteiger partial charge on any atom is 0.306 e. The summed E-state index contributed by atoms with van der Waals surface area (Å²) in [7, 11) is 0. The molecule has 0 spiro atoms. The number of nitrogens with one attached hydrogen (secondary N) is 1. The molecule has 0 unspecified atom stereocenters. The van der Waals surface area contributed by atoms with Crippen LogP contribution in [0.15, 0.2) is 12.7 Å². The Labute approximate surface area is 84.3 Å². The molecule has 0 aromatic rings. The quantitative estimate of drug-likeness (QED) is 0.261. The third kappa shape index (κ3) is 8.77. The molecule has 0 radical (unpaired) electrons. The van der Waals surface area contributed by atoms with E-state index in [0.717, 1.165) is 19.3 Å². The molecule has 0 aliphatic heterocycles. The molecule has 4 nitrogen and oxygen atoms in total. The van der Waals surface area contributed by atoms with Gasteiger partial charge in [0, 0.05) is 13.0 Å². The molecule has 0 saturated carbocycles. The van der Waals surface area contributed by atoms with Crippen LogP contribution in [0.25, 0.3) is 0 Å². The van der Waals surface area contributed by atoms with Crippen LogP contribution in [0.4, 0.5) is 0 Å². The van der Waals surface area contributed by atoms with Gasteiger partial charge >= 0.3 is 5.97 Å². The van der Waals surface area contributed by atoms with Crippen molar-refractivity contribution in [2.45, 2.75) is 25.7 Å². The summed E-state index contributed by atoms with van der Waals surface area (Å²) in [5, 5.41) is 2.56. The normalized spacial score (nSPS) is 9.14. The lowest BCUT2D eigenvalue weighted by molar-refractivity contribution is -0.142. The highest BCUT2D eigenvalue weighted by Gasteiger charge is 2.00. The second-order valence-electron chi connectivity index (χ2n) is 2.85. The maximum atomic E-state index is 10.9. The van der Waals surface area contributed by atoms with Crippen molar-refractivity contribution < 1.29 is 14.3 Å². The second-order valence-corrected chi connectivity index (χ2v) is 2.85. The number of amides is 1. The Morgan fingerprint density at radius 1 is 1.36 bits per heavy atom. The van der Waals surface area contributed by atoms with Gasteiger partial charge in [-0.3, -0.25) is 9.59 Å². The number of rotatable bonds is 9. The Bertz CT molecular complexity index is 180. The molecular formula is C10H17NO3. The van der Waals surface area contributed by atoms with E-state index in [2.05, 4.69) is 11.9 Å². The number of hydrogen-bond donors (Lipinski definition) is 1. The first-order chi connectivity index (χ1) is 6.81. The fraction of sp³-hybridized carbons (Fsp3) is 0.600. The molecule has 0 bridgehead atoms. The molecule has 0 fully saturated rings. The summed E-state index contributed by atoms with van der Waals surface area (Å²) in [5.41, 5.74) is 0. The monoisotopic (exact) mass is 199 g/mol. The minimum Gasteiger partial charge on any atom is -0.461 e. The van der Waals surface area contributed by atoms with E-state index in [0.29, 0.717) is 19.4 Å². The summed E-state index contributed by atoms with van der Waals surface area (Å²) < 4.78 is 4.79. The topological polar surface area (TPSA) is 55.4 Å². The van der Waals surface area contributed by atoms with Gasteiger partial charge in [0.1, 0.15) is 6.61 Å². The first-order valence-corrected chi connectivity index (χ1v) is 4.74. The molecule has 0 aromatic carbocycles. The number of hydrogen-bond acceptors (Lipinski definition) is 3. The van der Waals surface area contributed by atoms with Crippen LogP contribution in [0.3, 0.4) is 0 Å². The van der Waals surface area contributed by atoms with Gasteiger partial charge in [-0.1, -0.05) is 19.1 Å². The van der Waals surface area contributed by atoms with Gasteiger partial charge in [-0.05, 0) is 12.8 Å². The SMILES string of the molecule is C=CCOC(=O)CCCCCNC=O. The van der Waals surface area contributed by atoms with Crippen LogP contribution in [0.5, 0.6) is 0 Å². The first kappa shape index (κ1) is 12.7. The van der Waals surface area contributed by atoms with E-state index in [4.69, 9.17) is 4.74 Å². The van der Waals surface area contributed by atoms with E-state index in [1.165, 1.54) is 0 Å². The number of carbonyl (C=O) groups excluding carboxylic acids is 2. The largest absolute Gasteiger partial charge is 0.461 e. The first-order valence-electron chi connectivity index (χ1n) is 4.74. The Morgan fingerprint density at radius 3 is 2.79 bits per heavy atom. The third-order valence-electron chi connectivity index (χ3n) is 1.65. The van der Waals surface area contributed by atoms with Crippen molar-refractivity contribution in [2.75, 3.05) is 13.2 Å². The van der Waals surface area contributed by atoms with Crippen molar-refractivity contribution >= 4 is 12.4 Å². The predicted molar refractivity (Wildman–Crippen MR) is 53.7 cm³/mol. The number of ether oxygens (including phenoxy) is 1. The van der Waals surface area contributed by atoms with Crippen molar-refractivity contribution in [3.05, 3.63) is 12.7 Å². The summed E-state index contributed by atoms with van der Waals surface area (Å²) >= 11 is 0. The molecular weight excluding hydrogens is 182 g/mol. The van der Waals surface area contributed by atoms with Crippen LogP contribution in [0, 0.1) is 0 Å². The lowest BCUT2D eigenvalue weighted by atomic mass is 10.2. The molecule has 4 heteroatoms. The summed E-state index contributed by atoms with van der Waals surface area (Å²) in [6.45, 7) is 4.40. The van der Waals surface area contributed by atoms with Crippen LogP contribution in [-0.2, 0) is 14.3 Å². The fourth-order valence-electron chi connectivity index (χ4n) is 0.956. The summed E-state index contributed by atoms with van der Waals surface area (Å²) in [6, 6.07) is 0. The summed E-state index contributed by atoms with van der Waals surface area (Å²) in [4.78, 5) is 20.8. The van der Waals surface area contributed by atoms with Crippen LogP contribution in [0.1, 0.15) is 25.7 Å². The van der Waals surface area contributed by atoms with Crippen molar-refractivity contribution in [1.82, 2.24) is 5.32 Å². The highest BCUT2D eigenvalue weighted by molar-refractivity contribution is 5.69.